The zero-order valence-electron chi connectivity index (χ0n) is 6.04. The molecule has 0 saturated heterocycles. The van der Waals surface area contributed by atoms with Crippen molar-refractivity contribution in [1.29, 1.82) is 0 Å². The summed E-state index contributed by atoms with van der Waals surface area (Å²) in [6.07, 6.45) is 3.10. The van der Waals surface area contributed by atoms with Crippen molar-refractivity contribution in [2.45, 2.75) is 6.42 Å². The second kappa shape index (κ2) is 2.79. The SMILES string of the molecule is C1=C(c2nnn[nH]2)CCNC1. The second-order valence-electron chi connectivity index (χ2n) is 2.43. The van der Waals surface area contributed by atoms with Gasteiger partial charge in [0.15, 0.2) is 5.82 Å². The Morgan fingerprint density at radius 3 is 3.09 bits per heavy atom. The summed E-state index contributed by atoms with van der Waals surface area (Å²) in [6, 6.07) is 0. The fraction of sp³-hybridized carbons (Fsp3) is 0.500. The van der Waals surface area contributed by atoms with E-state index in [1.165, 1.54) is 5.57 Å². The van der Waals surface area contributed by atoms with Crippen molar-refractivity contribution < 1.29 is 0 Å². The van der Waals surface area contributed by atoms with Gasteiger partial charge in [0, 0.05) is 6.54 Å². The van der Waals surface area contributed by atoms with Crippen LogP contribution in [0.15, 0.2) is 6.08 Å². The molecule has 0 aliphatic carbocycles. The molecule has 0 bridgehead atoms. The monoisotopic (exact) mass is 151 g/mol. The Morgan fingerprint density at radius 2 is 2.45 bits per heavy atom. The zero-order chi connectivity index (χ0) is 7.52. The molecule has 0 radical (unpaired) electrons. The van der Waals surface area contributed by atoms with E-state index in [1.54, 1.807) is 0 Å². The van der Waals surface area contributed by atoms with Gasteiger partial charge in [-0.15, -0.1) is 5.10 Å². The maximum absolute atomic E-state index is 3.83. The summed E-state index contributed by atoms with van der Waals surface area (Å²) >= 11 is 0. The Kier molecular flexibility index (Phi) is 1.64. The van der Waals surface area contributed by atoms with Crippen LogP contribution in [0.2, 0.25) is 0 Å². The van der Waals surface area contributed by atoms with Gasteiger partial charge in [-0.25, -0.2) is 5.10 Å². The lowest BCUT2D eigenvalue weighted by Crippen LogP contribution is -2.20. The zero-order valence-corrected chi connectivity index (χ0v) is 6.04. The molecule has 2 heterocycles. The van der Waals surface area contributed by atoms with Gasteiger partial charge in [0.2, 0.25) is 0 Å². The van der Waals surface area contributed by atoms with Crippen LogP contribution in [-0.2, 0) is 0 Å². The lowest BCUT2D eigenvalue weighted by Gasteiger charge is -2.10. The number of tetrazole rings is 1. The van der Waals surface area contributed by atoms with E-state index in [2.05, 4.69) is 32.0 Å². The van der Waals surface area contributed by atoms with Crippen LogP contribution in [0.1, 0.15) is 12.2 Å². The molecule has 0 aromatic carbocycles. The molecule has 0 unspecified atom stereocenters. The molecule has 1 aromatic heterocycles. The van der Waals surface area contributed by atoms with Crippen LogP contribution in [0.25, 0.3) is 5.57 Å². The smallest absolute Gasteiger partial charge is 0.175 e. The van der Waals surface area contributed by atoms with Crippen LogP contribution in [0, 0.1) is 0 Å². The maximum Gasteiger partial charge on any atom is 0.175 e. The molecule has 5 heteroatoms. The molecule has 0 fully saturated rings. The van der Waals surface area contributed by atoms with Gasteiger partial charge in [0.25, 0.3) is 0 Å². The van der Waals surface area contributed by atoms with Gasteiger partial charge in [-0.1, -0.05) is 6.08 Å². The summed E-state index contributed by atoms with van der Waals surface area (Å²) in [5, 5.41) is 16.8. The highest BCUT2D eigenvalue weighted by molar-refractivity contribution is 5.60. The summed E-state index contributed by atoms with van der Waals surface area (Å²) < 4.78 is 0. The molecular weight excluding hydrogens is 142 g/mol. The van der Waals surface area contributed by atoms with Gasteiger partial charge in [-0.3, -0.25) is 0 Å². The topological polar surface area (TPSA) is 66.5 Å². The quantitative estimate of drug-likeness (QED) is 0.572. The minimum Gasteiger partial charge on any atom is -0.313 e. The van der Waals surface area contributed by atoms with Crippen molar-refractivity contribution in [2.75, 3.05) is 13.1 Å². The number of rotatable bonds is 1. The molecular formula is C6H9N5. The van der Waals surface area contributed by atoms with E-state index in [0.29, 0.717) is 0 Å². The van der Waals surface area contributed by atoms with Gasteiger partial charge >= 0.3 is 0 Å². The summed E-state index contributed by atoms with van der Waals surface area (Å²) in [4.78, 5) is 0. The summed E-state index contributed by atoms with van der Waals surface area (Å²) in [5.74, 6) is 0.798. The Hall–Kier alpha value is -1.23. The molecule has 0 atom stereocenters. The standard InChI is InChI=1S/C6H9N5/c1-3-7-4-2-5(1)6-8-10-11-9-6/h1,7H,2-4H2,(H,8,9,10,11). The number of hydrogen-bond acceptors (Lipinski definition) is 4. The Bertz CT molecular complexity index is 250. The summed E-state index contributed by atoms with van der Waals surface area (Å²) in [5.41, 5.74) is 1.20. The van der Waals surface area contributed by atoms with Crippen molar-refractivity contribution >= 4 is 5.57 Å². The third-order valence-corrected chi connectivity index (χ3v) is 1.71. The first-order valence-corrected chi connectivity index (χ1v) is 3.60. The first-order chi connectivity index (χ1) is 5.47. The average molecular weight is 151 g/mol. The maximum atomic E-state index is 3.83. The molecule has 1 aromatic rings. The molecule has 0 saturated carbocycles. The van der Waals surface area contributed by atoms with Crippen LogP contribution >= 0.6 is 0 Å². The van der Waals surface area contributed by atoms with Crippen LogP contribution in [0.3, 0.4) is 0 Å². The van der Waals surface area contributed by atoms with Crippen LogP contribution in [0.5, 0.6) is 0 Å². The number of nitrogens with zero attached hydrogens (tertiary/aromatic N) is 3. The van der Waals surface area contributed by atoms with Gasteiger partial charge < -0.3 is 5.32 Å². The molecule has 2 N–H and O–H groups in total. The molecule has 1 aliphatic rings. The second-order valence-corrected chi connectivity index (χ2v) is 2.43. The van der Waals surface area contributed by atoms with E-state index < -0.39 is 0 Å². The first-order valence-electron chi connectivity index (χ1n) is 3.60. The van der Waals surface area contributed by atoms with Crippen LogP contribution in [-0.4, -0.2) is 33.7 Å². The molecule has 0 spiro atoms. The third kappa shape index (κ3) is 1.27. The molecule has 11 heavy (non-hydrogen) atoms. The predicted octanol–water partition coefficient (Wildman–Crippen LogP) is -0.424. The van der Waals surface area contributed by atoms with Gasteiger partial charge in [-0.2, -0.15) is 0 Å². The fourth-order valence-corrected chi connectivity index (χ4v) is 1.13. The number of nitrogens with one attached hydrogen (secondary N) is 2. The number of hydrogen-bond donors (Lipinski definition) is 2. The van der Waals surface area contributed by atoms with Gasteiger partial charge in [-0.05, 0) is 29.0 Å². The molecule has 58 valence electrons. The highest BCUT2D eigenvalue weighted by Crippen LogP contribution is 2.13. The normalized spacial score (nSPS) is 18.0. The Labute approximate surface area is 63.9 Å². The van der Waals surface area contributed by atoms with E-state index in [4.69, 9.17) is 0 Å². The number of H-pyrrole nitrogens is 1. The summed E-state index contributed by atoms with van der Waals surface area (Å²) in [6.45, 7) is 1.92. The molecule has 5 nitrogen and oxygen atoms in total. The average Bonchev–Trinajstić information content (AvgIpc) is 2.58. The van der Waals surface area contributed by atoms with E-state index >= 15 is 0 Å². The Morgan fingerprint density at radius 1 is 1.45 bits per heavy atom. The molecule has 2 rings (SSSR count). The van der Waals surface area contributed by atoms with Crippen molar-refractivity contribution in [2.24, 2.45) is 0 Å². The fourth-order valence-electron chi connectivity index (χ4n) is 1.13. The highest BCUT2D eigenvalue weighted by atomic mass is 15.5. The van der Waals surface area contributed by atoms with Crippen molar-refractivity contribution in [3.63, 3.8) is 0 Å². The number of aromatic amines is 1. The molecule has 0 amide bonds. The molecule has 1 aliphatic heterocycles. The van der Waals surface area contributed by atoms with E-state index in [9.17, 15) is 0 Å². The van der Waals surface area contributed by atoms with Crippen LogP contribution < -0.4 is 5.32 Å². The van der Waals surface area contributed by atoms with Crippen LogP contribution in [0.4, 0.5) is 0 Å². The lowest BCUT2D eigenvalue weighted by atomic mass is 10.1. The lowest BCUT2D eigenvalue weighted by molar-refractivity contribution is 0.734. The van der Waals surface area contributed by atoms with Gasteiger partial charge in [0.05, 0.1) is 0 Å². The minimum atomic E-state index is 0.798. The predicted molar refractivity (Wildman–Crippen MR) is 39.6 cm³/mol. The van der Waals surface area contributed by atoms with Crippen molar-refractivity contribution in [3.8, 4) is 0 Å². The third-order valence-electron chi connectivity index (χ3n) is 1.71. The largest absolute Gasteiger partial charge is 0.313 e. The first kappa shape index (κ1) is 6.48. The minimum absolute atomic E-state index is 0.798. The summed E-state index contributed by atoms with van der Waals surface area (Å²) in [7, 11) is 0. The van der Waals surface area contributed by atoms with E-state index in [1.807, 2.05) is 0 Å². The number of aromatic nitrogens is 4. The van der Waals surface area contributed by atoms with E-state index in [-0.39, 0.29) is 0 Å². The van der Waals surface area contributed by atoms with E-state index in [0.717, 1.165) is 25.3 Å². The van der Waals surface area contributed by atoms with Gasteiger partial charge in [0.1, 0.15) is 0 Å². The Balaban J connectivity index is 2.22. The van der Waals surface area contributed by atoms with Crippen molar-refractivity contribution in [1.82, 2.24) is 25.9 Å². The highest BCUT2D eigenvalue weighted by Gasteiger charge is 2.07. The van der Waals surface area contributed by atoms with Crippen molar-refractivity contribution in [3.05, 3.63) is 11.9 Å².